The number of primary amides is 1. The number of nitrogens with zero attached hydrogens (tertiary/aromatic N) is 7. The van der Waals surface area contributed by atoms with E-state index in [1.54, 1.807) is 4.68 Å². The molecule has 124 valence electrons. The van der Waals surface area contributed by atoms with Crippen LogP contribution in [0.1, 0.15) is 18.6 Å². The molecule has 2 aromatic heterocycles. The molecule has 10 nitrogen and oxygen atoms in total. The number of hydrogen-bond acceptors (Lipinski definition) is 7. The zero-order valence-electron chi connectivity index (χ0n) is 13.0. The molecule has 0 aliphatic rings. The fraction of sp³-hybridized carbons (Fsp3) is 0.286. The van der Waals surface area contributed by atoms with Crippen LogP contribution in [0.3, 0.4) is 0 Å². The van der Waals surface area contributed by atoms with Gasteiger partial charge in [0.05, 0.1) is 12.1 Å². The first kappa shape index (κ1) is 15.6. The lowest BCUT2D eigenvalue weighted by atomic mass is 10.3. The molecule has 2 heterocycles. The maximum atomic E-state index is 11.0. The van der Waals surface area contributed by atoms with E-state index in [9.17, 15) is 4.79 Å². The monoisotopic (exact) mass is 328 g/mol. The van der Waals surface area contributed by atoms with Crippen LogP contribution in [0, 0.1) is 0 Å². The lowest BCUT2D eigenvalue weighted by molar-refractivity contribution is -0.117. The van der Waals surface area contributed by atoms with Crippen molar-refractivity contribution < 1.29 is 9.53 Å². The third-order valence-corrected chi connectivity index (χ3v) is 3.22. The van der Waals surface area contributed by atoms with Gasteiger partial charge in [-0.15, -0.1) is 5.10 Å². The molecule has 0 atom stereocenters. The fourth-order valence-electron chi connectivity index (χ4n) is 2.16. The molecule has 2 N–H and O–H groups in total. The summed E-state index contributed by atoms with van der Waals surface area (Å²) in [5.74, 6) is 1.20. The standard InChI is InChI=1S/C14H16N8O2/c1-2-21-14(17-13(18-21)7-12(15)23)8-24-11-5-3-4-10(6-11)22-9-16-19-20-22/h3-6,9H,2,7-8H2,1H3,(H2,15,23). The normalized spacial score (nSPS) is 10.7. The van der Waals surface area contributed by atoms with Gasteiger partial charge in [0.1, 0.15) is 18.7 Å². The van der Waals surface area contributed by atoms with Gasteiger partial charge in [0.15, 0.2) is 11.6 Å². The summed E-state index contributed by atoms with van der Waals surface area (Å²) in [7, 11) is 0. The van der Waals surface area contributed by atoms with E-state index >= 15 is 0 Å². The molecule has 0 fully saturated rings. The van der Waals surface area contributed by atoms with Crippen LogP contribution in [0.15, 0.2) is 30.6 Å². The highest BCUT2D eigenvalue weighted by molar-refractivity contribution is 5.75. The molecule has 0 spiro atoms. The minimum atomic E-state index is -0.468. The predicted octanol–water partition coefficient (Wildman–Crippen LogP) is -0.120. The van der Waals surface area contributed by atoms with Crippen LogP contribution in [-0.2, 0) is 24.4 Å². The number of nitrogens with two attached hydrogens (primary N) is 1. The summed E-state index contributed by atoms with van der Waals surface area (Å²) in [4.78, 5) is 15.3. The van der Waals surface area contributed by atoms with Gasteiger partial charge in [-0.2, -0.15) is 5.10 Å². The molecule has 1 amide bonds. The van der Waals surface area contributed by atoms with Crippen LogP contribution in [0.2, 0.25) is 0 Å². The van der Waals surface area contributed by atoms with Gasteiger partial charge in [0, 0.05) is 12.6 Å². The van der Waals surface area contributed by atoms with Gasteiger partial charge in [0.2, 0.25) is 5.91 Å². The van der Waals surface area contributed by atoms with Crippen LogP contribution in [0.25, 0.3) is 5.69 Å². The molecule has 10 heteroatoms. The molecule has 0 saturated carbocycles. The van der Waals surface area contributed by atoms with Gasteiger partial charge in [-0.1, -0.05) is 6.07 Å². The van der Waals surface area contributed by atoms with Crippen molar-refractivity contribution in [3.8, 4) is 11.4 Å². The topological polar surface area (TPSA) is 127 Å². The quantitative estimate of drug-likeness (QED) is 0.640. The van der Waals surface area contributed by atoms with Crippen LogP contribution in [-0.4, -0.2) is 40.9 Å². The highest BCUT2D eigenvalue weighted by Crippen LogP contribution is 2.17. The van der Waals surface area contributed by atoms with E-state index in [0.717, 1.165) is 5.69 Å². The Labute approximate surface area is 137 Å². The third-order valence-electron chi connectivity index (χ3n) is 3.22. The second-order valence-corrected chi connectivity index (χ2v) is 4.94. The Morgan fingerprint density at radius 1 is 1.38 bits per heavy atom. The molecule has 0 unspecified atom stereocenters. The Morgan fingerprint density at radius 3 is 2.96 bits per heavy atom. The zero-order chi connectivity index (χ0) is 16.9. The zero-order valence-corrected chi connectivity index (χ0v) is 13.0. The molecule has 0 bridgehead atoms. The number of hydrogen-bond donors (Lipinski definition) is 1. The summed E-state index contributed by atoms with van der Waals surface area (Å²) in [5, 5.41) is 15.3. The van der Waals surface area contributed by atoms with E-state index in [-0.39, 0.29) is 13.0 Å². The van der Waals surface area contributed by atoms with Crippen molar-refractivity contribution in [3.63, 3.8) is 0 Å². The van der Waals surface area contributed by atoms with E-state index < -0.39 is 5.91 Å². The van der Waals surface area contributed by atoms with E-state index in [1.807, 2.05) is 31.2 Å². The van der Waals surface area contributed by atoms with Crippen molar-refractivity contribution in [1.29, 1.82) is 0 Å². The number of tetrazole rings is 1. The number of amides is 1. The number of aromatic nitrogens is 7. The number of rotatable bonds is 7. The van der Waals surface area contributed by atoms with Crippen molar-refractivity contribution in [3.05, 3.63) is 42.2 Å². The average Bonchev–Trinajstić information content (AvgIpc) is 3.22. The Hall–Kier alpha value is -3.30. The van der Waals surface area contributed by atoms with Gasteiger partial charge < -0.3 is 10.5 Å². The molecule has 1 aromatic carbocycles. The summed E-state index contributed by atoms with van der Waals surface area (Å²) >= 11 is 0. The maximum Gasteiger partial charge on any atom is 0.225 e. The maximum absolute atomic E-state index is 11.0. The predicted molar refractivity (Wildman–Crippen MR) is 82.1 cm³/mol. The first-order valence-corrected chi connectivity index (χ1v) is 7.33. The third kappa shape index (κ3) is 3.54. The number of benzene rings is 1. The smallest absolute Gasteiger partial charge is 0.225 e. The Bertz CT molecular complexity index is 827. The molecule has 24 heavy (non-hydrogen) atoms. The van der Waals surface area contributed by atoms with Crippen molar-refractivity contribution >= 4 is 5.91 Å². The molecule has 0 saturated heterocycles. The van der Waals surface area contributed by atoms with Crippen molar-refractivity contribution in [2.45, 2.75) is 26.5 Å². The van der Waals surface area contributed by atoms with Gasteiger partial charge in [0.25, 0.3) is 0 Å². The summed E-state index contributed by atoms with van der Waals surface area (Å²) < 4.78 is 8.99. The largest absolute Gasteiger partial charge is 0.486 e. The molecule has 0 aliphatic heterocycles. The number of carbonyl (C=O) groups excluding carboxylic acids is 1. The van der Waals surface area contributed by atoms with Gasteiger partial charge in [-0.3, -0.25) is 4.79 Å². The molecule has 0 radical (unpaired) electrons. The first-order valence-electron chi connectivity index (χ1n) is 7.33. The van der Waals surface area contributed by atoms with Crippen LogP contribution >= 0.6 is 0 Å². The summed E-state index contributed by atoms with van der Waals surface area (Å²) in [6, 6.07) is 7.34. The minimum Gasteiger partial charge on any atom is -0.486 e. The van der Waals surface area contributed by atoms with E-state index in [2.05, 4.69) is 25.6 Å². The number of carbonyl (C=O) groups is 1. The Kier molecular flexibility index (Phi) is 4.45. The lowest BCUT2D eigenvalue weighted by Crippen LogP contribution is -2.14. The fourth-order valence-corrected chi connectivity index (χ4v) is 2.16. The van der Waals surface area contributed by atoms with Gasteiger partial charge in [-0.05, 0) is 29.5 Å². The van der Waals surface area contributed by atoms with Crippen LogP contribution in [0.5, 0.6) is 5.75 Å². The van der Waals surface area contributed by atoms with Crippen molar-refractivity contribution in [2.24, 2.45) is 5.73 Å². The molecule has 3 rings (SSSR count). The number of aryl methyl sites for hydroxylation is 1. The Balaban J connectivity index is 1.73. The SMILES string of the molecule is CCn1nc(CC(N)=O)nc1COc1cccc(-n2cnnn2)c1. The second kappa shape index (κ2) is 6.86. The summed E-state index contributed by atoms with van der Waals surface area (Å²) in [5.41, 5.74) is 5.96. The van der Waals surface area contributed by atoms with E-state index in [0.29, 0.717) is 23.9 Å². The van der Waals surface area contributed by atoms with Crippen molar-refractivity contribution in [2.75, 3.05) is 0 Å². The van der Waals surface area contributed by atoms with Crippen molar-refractivity contribution in [1.82, 2.24) is 35.0 Å². The highest BCUT2D eigenvalue weighted by Gasteiger charge is 2.11. The summed E-state index contributed by atoms with van der Waals surface area (Å²) in [6.07, 6.45) is 1.51. The van der Waals surface area contributed by atoms with Crippen LogP contribution in [0.4, 0.5) is 0 Å². The van der Waals surface area contributed by atoms with Gasteiger partial charge >= 0.3 is 0 Å². The van der Waals surface area contributed by atoms with Gasteiger partial charge in [-0.25, -0.2) is 14.3 Å². The first-order chi connectivity index (χ1) is 11.7. The van der Waals surface area contributed by atoms with E-state index in [1.165, 1.54) is 11.0 Å². The summed E-state index contributed by atoms with van der Waals surface area (Å²) in [6.45, 7) is 2.78. The molecular formula is C14H16N8O2. The molecular weight excluding hydrogens is 312 g/mol. The molecule has 3 aromatic rings. The lowest BCUT2D eigenvalue weighted by Gasteiger charge is -2.07. The van der Waals surface area contributed by atoms with E-state index in [4.69, 9.17) is 10.5 Å². The number of ether oxygens (including phenoxy) is 1. The molecule has 0 aliphatic carbocycles. The Morgan fingerprint density at radius 2 is 2.25 bits per heavy atom. The minimum absolute atomic E-state index is 0.00871. The average molecular weight is 328 g/mol. The van der Waals surface area contributed by atoms with Crippen LogP contribution < -0.4 is 10.5 Å². The second-order valence-electron chi connectivity index (χ2n) is 4.94. The highest BCUT2D eigenvalue weighted by atomic mass is 16.5.